The SMILES string of the molecule is N#Cc1cc2c(nc1SCC(O)CNc1ccc(Cl)cc1)CCCC2. The van der Waals surface area contributed by atoms with Gasteiger partial charge in [0.1, 0.15) is 11.1 Å². The molecule has 1 unspecified atom stereocenters. The first-order valence-electron chi connectivity index (χ1n) is 8.39. The number of fused-ring (bicyclic) bond motifs is 1. The number of halogens is 1. The average molecular weight is 374 g/mol. The fraction of sp³-hybridized carbons (Fsp3) is 0.368. The second kappa shape index (κ2) is 8.57. The average Bonchev–Trinajstić information content (AvgIpc) is 2.65. The summed E-state index contributed by atoms with van der Waals surface area (Å²) in [5.41, 5.74) is 3.85. The lowest BCUT2D eigenvalue weighted by Gasteiger charge is -2.17. The largest absolute Gasteiger partial charge is 0.390 e. The summed E-state index contributed by atoms with van der Waals surface area (Å²) in [6, 6.07) is 11.6. The smallest absolute Gasteiger partial charge is 0.114 e. The number of aliphatic hydroxyl groups excluding tert-OH is 1. The summed E-state index contributed by atoms with van der Waals surface area (Å²) in [6.45, 7) is 0.432. The maximum absolute atomic E-state index is 10.2. The van der Waals surface area contributed by atoms with Crippen molar-refractivity contribution >= 4 is 29.1 Å². The molecule has 0 saturated heterocycles. The van der Waals surface area contributed by atoms with E-state index in [4.69, 9.17) is 11.6 Å². The van der Waals surface area contributed by atoms with E-state index in [1.54, 1.807) is 12.1 Å². The molecule has 1 aliphatic carbocycles. The van der Waals surface area contributed by atoms with Crippen molar-refractivity contribution in [3.8, 4) is 6.07 Å². The Morgan fingerprint density at radius 3 is 2.80 bits per heavy atom. The number of aryl methyl sites for hydroxylation is 2. The minimum Gasteiger partial charge on any atom is -0.390 e. The van der Waals surface area contributed by atoms with E-state index >= 15 is 0 Å². The molecule has 130 valence electrons. The number of anilines is 1. The van der Waals surface area contributed by atoms with Crippen molar-refractivity contribution in [1.82, 2.24) is 4.98 Å². The van der Waals surface area contributed by atoms with Crippen molar-refractivity contribution < 1.29 is 5.11 Å². The molecule has 0 fully saturated rings. The molecule has 3 rings (SSSR count). The van der Waals surface area contributed by atoms with Gasteiger partial charge in [-0.15, -0.1) is 11.8 Å². The van der Waals surface area contributed by atoms with Crippen molar-refractivity contribution in [1.29, 1.82) is 5.26 Å². The number of benzene rings is 1. The van der Waals surface area contributed by atoms with E-state index in [1.807, 2.05) is 18.2 Å². The van der Waals surface area contributed by atoms with Crippen LogP contribution in [-0.2, 0) is 12.8 Å². The van der Waals surface area contributed by atoms with Gasteiger partial charge in [0, 0.05) is 28.7 Å². The molecule has 1 atom stereocenters. The van der Waals surface area contributed by atoms with Crippen molar-refractivity contribution in [2.45, 2.75) is 36.8 Å². The van der Waals surface area contributed by atoms with Gasteiger partial charge in [0.2, 0.25) is 0 Å². The maximum atomic E-state index is 10.2. The van der Waals surface area contributed by atoms with E-state index in [2.05, 4.69) is 16.4 Å². The summed E-state index contributed by atoms with van der Waals surface area (Å²) < 4.78 is 0. The number of nitriles is 1. The lowest BCUT2D eigenvalue weighted by molar-refractivity contribution is 0.213. The Labute approximate surface area is 157 Å². The maximum Gasteiger partial charge on any atom is 0.114 e. The molecule has 25 heavy (non-hydrogen) atoms. The summed E-state index contributed by atoms with van der Waals surface area (Å²) in [5, 5.41) is 24.2. The van der Waals surface area contributed by atoms with Gasteiger partial charge in [-0.1, -0.05) is 11.6 Å². The number of hydrogen-bond donors (Lipinski definition) is 2. The van der Waals surface area contributed by atoms with Crippen LogP contribution in [0.15, 0.2) is 35.4 Å². The van der Waals surface area contributed by atoms with E-state index in [0.717, 1.165) is 35.7 Å². The van der Waals surface area contributed by atoms with Crippen LogP contribution in [0.4, 0.5) is 5.69 Å². The summed E-state index contributed by atoms with van der Waals surface area (Å²) >= 11 is 7.30. The predicted molar refractivity (Wildman–Crippen MR) is 102 cm³/mol. The molecular weight excluding hydrogens is 354 g/mol. The molecule has 0 saturated carbocycles. The van der Waals surface area contributed by atoms with Crippen LogP contribution in [0.2, 0.25) is 5.02 Å². The number of pyridine rings is 1. The molecule has 0 radical (unpaired) electrons. The first-order chi connectivity index (χ1) is 12.2. The lowest BCUT2D eigenvalue weighted by atomic mass is 9.95. The van der Waals surface area contributed by atoms with E-state index in [0.29, 0.717) is 22.9 Å². The highest BCUT2D eigenvalue weighted by molar-refractivity contribution is 7.99. The fourth-order valence-electron chi connectivity index (χ4n) is 2.84. The van der Waals surface area contributed by atoms with Gasteiger partial charge in [0.15, 0.2) is 0 Å². The second-order valence-corrected chi connectivity index (χ2v) is 7.56. The minimum atomic E-state index is -0.537. The summed E-state index contributed by atoms with van der Waals surface area (Å²) in [6.07, 6.45) is 3.78. The number of thioether (sulfide) groups is 1. The molecular formula is C19H20ClN3OS. The van der Waals surface area contributed by atoms with Crippen LogP contribution in [0.1, 0.15) is 29.7 Å². The molecule has 1 aromatic heterocycles. The number of nitrogens with zero attached hydrogens (tertiary/aromatic N) is 2. The van der Waals surface area contributed by atoms with Crippen molar-refractivity contribution in [3.63, 3.8) is 0 Å². The molecule has 2 aromatic rings. The first kappa shape index (κ1) is 18.1. The van der Waals surface area contributed by atoms with E-state index in [1.165, 1.54) is 23.7 Å². The number of aromatic nitrogens is 1. The summed E-state index contributed by atoms with van der Waals surface area (Å²) in [7, 11) is 0. The Kier molecular flexibility index (Phi) is 6.19. The molecule has 4 nitrogen and oxygen atoms in total. The summed E-state index contributed by atoms with van der Waals surface area (Å²) in [4.78, 5) is 4.68. The Balaban J connectivity index is 1.57. The van der Waals surface area contributed by atoms with Gasteiger partial charge in [-0.3, -0.25) is 0 Å². The van der Waals surface area contributed by atoms with E-state index < -0.39 is 6.10 Å². The summed E-state index contributed by atoms with van der Waals surface area (Å²) in [5.74, 6) is 0.487. The number of rotatable bonds is 6. The van der Waals surface area contributed by atoms with Gasteiger partial charge in [0.25, 0.3) is 0 Å². The lowest BCUT2D eigenvalue weighted by Crippen LogP contribution is -2.22. The molecule has 0 spiro atoms. The van der Waals surface area contributed by atoms with E-state index in [9.17, 15) is 10.4 Å². The van der Waals surface area contributed by atoms with Gasteiger partial charge >= 0.3 is 0 Å². The van der Waals surface area contributed by atoms with Crippen LogP contribution >= 0.6 is 23.4 Å². The quantitative estimate of drug-likeness (QED) is 0.747. The highest BCUT2D eigenvalue weighted by atomic mass is 35.5. The molecule has 0 amide bonds. The Hall–Kier alpha value is -1.74. The Morgan fingerprint density at radius 2 is 2.04 bits per heavy atom. The van der Waals surface area contributed by atoms with Crippen LogP contribution in [0.3, 0.4) is 0 Å². The molecule has 2 N–H and O–H groups in total. The molecule has 6 heteroatoms. The second-order valence-electron chi connectivity index (χ2n) is 6.12. The monoisotopic (exact) mass is 373 g/mol. The van der Waals surface area contributed by atoms with Crippen molar-refractivity contribution in [2.75, 3.05) is 17.6 Å². The Bertz CT molecular complexity index is 773. The van der Waals surface area contributed by atoms with E-state index in [-0.39, 0.29) is 0 Å². The van der Waals surface area contributed by atoms with Gasteiger partial charge in [-0.2, -0.15) is 5.26 Å². The molecule has 0 aliphatic heterocycles. The zero-order valence-electron chi connectivity index (χ0n) is 13.8. The number of hydrogen-bond acceptors (Lipinski definition) is 5. The topological polar surface area (TPSA) is 68.9 Å². The highest BCUT2D eigenvalue weighted by Crippen LogP contribution is 2.27. The molecule has 1 heterocycles. The van der Waals surface area contributed by atoms with Crippen LogP contribution in [0, 0.1) is 11.3 Å². The van der Waals surface area contributed by atoms with Gasteiger partial charge in [0.05, 0.1) is 11.7 Å². The molecule has 0 bridgehead atoms. The van der Waals surface area contributed by atoms with Crippen molar-refractivity contribution in [2.24, 2.45) is 0 Å². The van der Waals surface area contributed by atoms with Crippen LogP contribution in [0.5, 0.6) is 0 Å². The third-order valence-corrected chi connectivity index (χ3v) is 5.57. The van der Waals surface area contributed by atoms with Gasteiger partial charge in [-0.05, 0) is 61.6 Å². The third kappa shape index (κ3) is 4.88. The zero-order valence-corrected chi connectivity index (χ0v) is 15.4. The first-order valence-corrected chi connectivity index (χ1v) is 9.75. The number of nitrogens with one attached hydrogen (secondary N) is 1. The third-order valence-electron chi connectivity index (χ3n) is 4.18. The van der Waals surface area contributed by atoms with Crippen LogP contribution in [-0.4, -0.2) is 28.5 Å². The zero-order chi connectivity index (χ0) is 17.6. The molecule has 1 aliphatic rings. The standard InChI is InChI=1S/C19H20ClN3OS/c20-15-5-7-16(8-6-15)22-11-17(24)12-25-19-14(10-21)9-13-3-1-2-4-18(13)23-19/h5-9,17,22,24H,1-4,11-12H2. The van der Waals surface area contributed by atoms with Crippen LogP contribution < -0.4 is 5.32 Å². The number of aliphatic hydroxyl groups is 1. The van der Waals surface area contributed by atoms with Gasteiger partial charge < -0.3 is 10.4 Å². The Morgan fingerprint density at radius 1 is 1.28 bits per heavy atom. The van der Waals surface area contributed by atoms with Gasteiger partial charge in [-0.25, -0.2) is 4.98 Å². The van der Waals surface area contributed by atoms with Crippen molar-refractivity contribution in [3.05, 3.63) is 52.2 Å². The predicted octanol–water partition coefficient (Wildman–Crippen LogP) is 4.05. The fourth-order valence-corrected chi connectivity index (χ4v) is 3.87. The highest BCUT2D eigenvalue weighted by Gasteiger charge is 2.16. The minimum absolute atomic E-state index is 0.432. The molecule has 1 aromatic carbocycles. The normalized spacial score (nSPS) is 14.4. The van der Waals surface area contributed by atoms with Crippen LogP contribution in [0.25, 0.3) is 0 Å².